The van der Waals surface area contributed by atoms with Gasteiger partial charge in [0, 0.05) is 5.69 Å². The fourth-order valence-electron chi connectivity index (χ4n) is 2.03. The number of nitrogens with zero attached hydrogens (tertiary/aromatic N) is 1. The molecule has 0 aliphatic carbocycles. The molecule has 2 N–H and O–H groups in total. The van der Waals surface area contributed by atoms with Crippen molar-refractivity contribution in [1.82, 2.24) is 5.43 Å². The van der Waals surface area contributed by atoms with Crippen LogP contribution in [0.2, 0.25) is 0 Å². The van der Waals surface area contributed by atoms with E-state index in [0.717, 1.165) is 11.3 Å². The number of hydrazone groups is 1. The van der Waals surface area contributed by atoms with E-state index in [4.69, 9.17) is 0 Å². The molecule has 23 heavy (non-hydrogen) atoms. The number of nitrogens with one attached hydrogen (secondary N) is 2. The van der Waals surface area contributed by atoms with Gasteiger partial charge in [-0.15, -0.1) is 0 Å². The first kappa shape index (κ1) is 16.7. The number of carbonyl (C=O) groups excluding carboxylic acids is 1. The molecule has 1 amide bonds. The third-order valence-electron chi connectivity index (χ3n) is 3.41. The topological polar surface area (TPSA) is 53.5 Å². The fraction of sp³-hybridized carbons (Fsp3) is 0.263. The minimum absolute atomic E-state index is 0.132. The summed E-state index contributed by atoms with van der Waals surface area (Å²) in [6, 6.07) is 17.7. The second kappa shape index (κ2) is 7.58. The Morgan fingerprint density at radius 2 is 1.70 bits per heavy atom. The third kappa shape index (κ3) is 5.58. The lowest BCUT2D eigenvalue weighted by Gasteiger charge is -2.18. The Morgan fingerprint density at radius 1 is 1.04 bits per heavy atom. The largest absolute Gasteiger partial charge is 0.376 e. The lowest BCUT2D eigenvalue weighted by atomic mass is 9.87. The molecule has 0 fully saturated rings. The molecule has 0 bridgehead atoms. The van der Waals surface area contributed by atoms with Crippen molar-refractivity contribution in [2.45, 2.75) is 26.2 Å². The molecule has 0 aliphatic heterocycles. The van der Waals surface area contributed by atoms with Crippen LogP contribution in [-0.2, 0) is 10.2 Å². The van der Waals surface area contributed by atoms with Crippen LogP contribution in [0.1, 0.15) is 31.9 Å². The Bertz CT molecular complexity index is 655. The maximum absolute atomic E-state index is 11.7. The van der Waals surface area contributed by atoms with Crippen LogP contribution in [0.15, 0.2) is 59.7 Å². The highest BCUT2D eigenvalue weighted by molar-refractivity contribution is 5.84. The summed E-state index contributed by atoms with van der Waals surface area (Å²) >= 11 is 0. The minimum atomic E-state index is -0.184. The van der Waals surface area contributed by atoms with Crippen LogP contribution in [0.5, 0.6) is 0 Å². The van der Waals surface area contributed by atoms with Gasteiger partial charge in [0.15, 0.2) is 0 Å². The van der Waals surface area contributed by atoms with Crippen molar-refractivity contribution in [2.75, 3.05) is 11.9 Å². The molecule has 0 aliphatic rings. The van der Waals surface area contributed by atoms with Gasteiger partial charge in [-0.25, -0.2) is 5.43 Å². The molecule has 0 saturated carbocycles. The molecule has 0 saturated heterocycles. The van der Waals surface area contributed by atoms with E-state index in [1.54, 1.807) is 6.21 Å². The van der Waals surface area contributed by atoms with Crippen molar-refractivity contribution in [2.24, 2.45) is 5.10 Å². The first-order valence-corrected chi connectivity index (χ1v) is 7.66. The fourth-order valence-corrected chi connectivity index (χ4v) is 2.03. The van der Waals surface area contributed by atoms with E-state index >= 15 is 0 Å². The van der Waals surface area contributed by atoms with Crippen LogP contribution < -0.4 is 10.7 Å². The summed E-state index contributed by atoms with van der Waals surface area (Å²) in [7, 11) is 0. The maximum Gasteiger partial charge on any atom is 0.259 e. The standard InChI is InChI=1S/C19H23N3O/c1-19(2,3)16-11-9-15(10-12-16)13-21-22-18(23)14-20-17-7-5-4-6-8-17/h4-13,20H,14H2,1-3H3,(H,22,23)/b21-13+. The second-order valence-corrected chi connectivity index (χ2v) is 6.38. The van der Waals surface area contributed by atoms with Crippen molar-refractivity contribution < 1.29 is 4.79 Å². The summed E-state index contributed by atoms with van der Waals surface area (Å²) in [5.74, 6) is -0.184. The molecular weight excluding hydrogens is 286 g/mol. The van der Waals surface area contributed by atoms with Crippen molar-refractivity contribution >= 4 is 17.8 Å². The Hall–Kier alpha value is -2.62. The Kier molecular flexibility index (Phi) is 5.52. The van der Waals surface area contributed by atoms with Gasteiger partial charge >= 0.3 is 0 Å². The average molecular weight is 309 g/mol. The summed E-state index contributed by atoms with van der Waals surface area (Å²) in [5, 5.41) is 7.01. The van der Waals surface area contributed by atoms with E-state index in [2.05, 4.69) is 48.7 Å². The zero-order valence-corrected chi connectivity index (χ0v) is 13.8. The number of benzene rings is 2. The van der Waals surface area contributed by atoms with Crippen LogP contribution in [0.4, 0.5) is 5.69 Å². The lowest BCUT2D eigenvalue weighted by molar-refractivity contribution is -0.119. The van der Waals surface area contributed by atoms with Gasteiger partial charge in [0.25, 0.3) is 5.91 Å². The zero-order chi connectivity index (χ0) is 16.7. The van der Waals surface area contributed by atoms with Crippen molar-refractivity contribution in [3.05, 3.63) is 65.7 Å². The van der Waals surface area contributed by atoms with E-state index in [9.17, 15) is 4.79 Å². The van der Waals surface area contributed by atoms with Crippen LogP contribution in [0, 0.1) is 0 Å². The predicted molar refractivity (Wildman–Crippen MR) is 95.8 cm³/mol. The van der Waals surface area contributed by atoms with Crippen molar-refractivity contribution in [1.29, 1.82) is 0 Å². The Labute approximate surface area is 137 Å². The van der Waals surface area contributed by atoms with E-state index in [-0.39, 0.29) is 17.9 Å². The van der Waals surface area contributed by atoms with Crippen LogP contribution in [0.25, 0.3) is 0 Å². The molecule has 0 heterocycles. The first-order valence-electron chi connectivity index (χ1n) is 7.66. The highest BCUT2D eigenvalue weighted by Crippen LogP contribution is 2.21. The maximum atomic E-state index is 11.7. The monoisotopic (exact) mass is 309 g/mol. The number of hydrogen-bond donors (Lipinski definition) is 2. The smallest absolute Gasteiger partial charge is 0.259 e. The molecule has 4 nitrogen and oxygen atoms in total. The number of rotatable bonds is 5. The number of hydrogen-bond acceptors (Lipinski definition) is 3. The predicted octanol–water partition coefficient (Wildman–Crippen LogP) is 3.55. The van der Waals surface area contributed by atoms with Gasteiger partial charge in [-0.2, -0.15) is 5.10 Å². The Morgan fingerprint density at radius 3 is 2.30 bits per heavy atom. The molecular formula is C19H23N3O. The highest BCUT2D eigenvalue weighted by atomic mass is 16.2. The molecule has 0 spiro atoms. The molecule has 2 rings (SSSR count). The molecule has 0 aromatic heterocycles. The van der Waals surface area contributed by atoms with Gasteiger partial charge in [0.2, 0.25) is 0 Å². The molecule has 2 aromatic rings. The minimum Gasteiger partial charge on any atom is -0.376 e. The number of amides is 1. The number of anilines is 1. The van der Waals surface area contributed by atoms with E-state index in [1.807, 2.05) is 42.5 Å². The average Bonchev–Trinajstić information content (AvgIpc) is 2.53. The van der Waals surface area contributed by atoms with Crippen LogP contribution in [-0.4, -0.2) is 18.7 Å². The Balaban J connectivity index is 1.80. The zero-order valence-electron chi connectivity index (χ0n) is 13.8. The van der Waals surface area contributed by atoms with E-state index in [1.165, 1.54) is 5.56 Å². The van der Waals surface area contributed by atoms with Gasteiger partial charge in [-0.1, -0.05) is 63.2 Å². The highest BCUT2D eigenvalue weighted by Gasteiger charge is 2.12. The SMILES string of the molecule is CC(C)(C)c1ccc(/C=N/NC(=O)CNc2ccccc2)cc1. The lowest BCUT2D eigenvalue weighted by Crippen LogP contribution is -2.25. The van der Waals surface area contributed by atoms with Gasteiger partial charge < -0.3 is 5.32 Å². The molecule has 120 valence electrons. The summed E-state index contributed by atoms with van der Waals surface area (Å²) < 4.78 is 0. The third-order valence-corrected chi connectivity index (χ3v) is 3.41. The normalized spacial score (nSPS) is 11.4. The van der Waals surface area contributed by atoms with Gasteiger partial charge in [0.05, 0.1) is 12.8 Å². The summed E-state index contributed by atoms with van der Waals surface area (Å²) in [5.41, 5.74) is 5.78. The summed E-state index contributed by atoms with van der Waals surface area (Å²) in [6.45, 7) is 6.71. The summed E-state index contributed by atoms with van der Waals surface area (Å²) in [4.78, 5) is 11.7. The van der Waals surface area contributed by atoms with Crippen LogP contribution >= 0.6 is 0 Å². The summed E-state index contributed by atoms with van der Waals surface area (Å²) in [6.07, 6.45) is 1.65. The van der Waals surface area contributed by atoms with Crippen molar-refractivity contribution in [3.63, 3.8) is 0 Å². The second-order valence-electron chi connectivity index (χ2n) is 6.38. The first-order chi connectivity index (χ1) is 10.9. The molecule has 0 unspecified atom stereocenters. The molecule has 0 atom stereocenters. The van der Waals surface area contributed by atoms with E-state index in [0.29, 0.717) is 0 Å². The molecule has 2 aromatic carbocycles. The van der Waals surface area contributed by atoms with Gasteiger partial charge in [-0.3, -0.25) is 4.79 Å². The van der Waals surface area contributed by atoms with Crippen molar-refractivity contribution in [3.8, 4) is 0 Å². The number of carbonyl (C=O) groups is 1. The van der Waals surface area contributed by atoms with E-state index < -0.39 is 0 Å². The molecule has 4 heteroatoms. The van der Waals surface area contributed by atoms with Crippen LogP contribution in [0.3, 0.4) is 0 Å². The molecule has 0 radical (unpaired) electrons. The van der Waals surface area contributed by atoms with Gasteiger partial charge in [-0.05, 0) is 28.7 Å². The van der Waals surface area contributed by atoms with Gasteiger partial charge in [0.1, 0.15) is 0 Å². The quantitative estimate of drug-likeness (QED) is 0.655. The number of para-hydroxylation sites is 1.